The summed E-state index contributed by atoms with van der Waals surface area (Å²) in [4.78, 5) is 30.7. The average molecular weight is 656 g/mol. The quantitative estimate of drug-likeness (QED) is 0.338. The molecule has 0 saturated heterocycles. The smallest absolute Gasteiger partial charge is 0.239 e. The van der Waals surface area contributed by atoms with Gasteiger partial charge in [-0.2, -0.15) is 0 Å². The zero-order chi connectivity index (χ0) is 30.0. The largest absolute Gasteiger partial charge is 0.782 e. The number of fused-ring (bicyclic) bond motifs is 2. The molecule has 2 aromatic carbocycles. The van der Waals surface area contributed by atoms with E-state index in [-0.39, 0.29) is 31.0 Å². The van der Waals surface area contributed by atoms with Crippen LogP contribution in [0.1, 0.15) is 53.9 Å². The third-order valence-electron chi connectivity index (χ3n) is 7.03. The summed E-state index contributed by atoms with van der Waals surface area (Å²) < 4.78 is 39.7. The summed E-state index contributed by atoms with van der Waals surface area (Å²) in [5.74, 6) is -1.45. The van der Waals surface area contributed by atoms with Crippen LogP contribution in [-0.2, 0) is 41.3 Å². The van der Waals surface area contributed by atoms with E-state index in [9.17, 15) is 23.2 Å². The number of pyridine rings is 1. The molecule has 2 aliphatic rings. The van der Waals surface area contributed by atoms with Gasteiger partial charge in [0.2, 0.25) is 15.9 Å². The lowest BCUT2D eigenvalue weighted by Crippen LogP contribution is -2.33. The van der Waals surface area contributed by atoms with Crippen molar-refractivity contribution in [2.24, 2.45) is 0 Å². The lowest BCUT2D eigenvalue weighted by Gasteiger charge is -2.37. The lowest BCUT2D eigenvalue weighted by atomic mass is 9.83. The number of hydroxylamine groups is 2. The summed E-state index contributed by atoms with van der Waals surface area (Å²) in [5.41, 5.74) is 3.24. The number of carbonyl (C=O) groups is 2. The number of nitrogens with zero attached hydrogens (tertiary/aromatic N) is 2. The number of rotatable bonds is 10. The molecule has 3 aromatic rings. The van der Waals surface area contributed by atoms with Crippen LogP contribution in [-0.4, -0.2) is 49.6 Å². The van der Waals surface area contributed by atoms with Crippen LogP contribution < -0.4 is 4.72 Å². The Morgan fingerprint density at radius 1 is 1.00 bits per heavy atom. The van der Waals surface area contributed by atoms with E-state index in [2.05, 4.69) is 25.6 Å². The number of sulfonamides is 1. The zero-order valence-electron chi connectivity index (χ0n) is 22.9. The second-order valence-electron chi connectivity index (χ2n) is 9.84. The number of Topliss-reactive ketones (excluding diaryl/α,β-unsaturated/α-hetero) is 1. The fraction of sp³-hybridized carbons (Fsp3) is 0.300. The maximum absolute atomic E-state index is 13.9. The van der Waals surface area contributed by atoms with Gasteiger partial charge in [0.15, 0.2) is 5.78 Å². The van der Waals surface area contributed by atoms with Crippen molar-refractivity contribution in [1.29, 1.82) is 0 Å². The van der Waals surface area contributed by atoms with Crippen LogP contribution in [0, 0.1) is 5.21 Å². The van der Waals surface area contributed by atoms with Gasteiger partial charge >= 0.3 is 0 Å². The fourth-order valence-corrected chi connectivity index (χ4v) is 7.14. The molecule has 3 atom stereocenters. The van der Waals surface area contributed by atoms with E-state index < -0.39 is 40.1 Å². The minimum atomic E-state index is -4.01. The van der Waals surface area contributed by atoms with Gasteiger partial charge in [0.1, 0.15) is 12.3 Å². The van der Waals surface area contributed by atoms with E-state index in [1.54, 1.807) is 74.6 Å². The number of nitrogens with one attached hydrogen (secondary N) is 1. The highest BCUT2D eigenvalue weighted by atomic mass is 79.9. The van der Waals surface area contributed by atoms with Gasteiger partial charge in [0.05, 0.1) is 23.9 Å². The molecule has 0 radical (unpaired) electrons. The first kappa shape index (κ1) is 30.2. The number of ketones is 1. The molecule has 0 spiro atoms. The van der Waals surface area contributed by atoms with E-state index in [4.69, 9.17) is 9.47 Å². The molecule has 5 rings (SSSR count). The Kier molecular flexibility index (Phi) is 9.02. The van der Waals surface area contributed by atoms with Crippen molar-refractivity contribution >= 4 is 43.2 Å². The number of amides is 1. The highest BCUT2D eigenvalue weighted by molar-refractivity contribution is 9.10. The monoisotopic (exact) mass is 654 g/mol. The van der Waals surface area contributed by atoms with Gasteiger partial charge in [-0.25, -0.2) is 8.42 Å². The minimum Gasteiger partial charge on any atom is -0.782 e. The third kappa shape index (κ3) is 5.96. The predicted octanol–water partition coefficient (Wildman–Crippen LogP) is 4.36. The number of ether oxygens (including phenoxy) is 2. The Bertz CT molecular complexity index is 1650. The van der Waals surface area contributed by atoms with Crippen LogP contribution in [0.4, 0.5) is 0 Å². The van der Waals surface area contributed by atoms with Crippen LogP contribution >= 0.6 is 15.9 Å². The van der Waals surface area contributed by atoms with E-state index in [0.29, 0.717) is 38.0 Å². The molecule has 220 valence electrons. The number of benzene rings is 2. The van der Waals surface area contributed by atoms with Gasteiger partial charge in [-0.3, -0.25) is 19.3 Å². The maximum atomic E-state index is 13.9. The number of hydrogen-bond donors (Lipinski definition) is 1. The highest BCUT2D eigenvalue weighted by Crippen LogP contribution is 2.52. The summed E-state index contributed by atoms with van der Waals surface area (Å²) >= 11 is 3.49. The van der Waals surface area contributed by atoms with Crippen molar-refractivity contribution in [2.75, 3.05) is 13.2 Å². The van der Waals surface area contributed by atoms with Crippen molar-refractivity contribution in [2.45, 2.75) is 44.4 Å². The minimum absolute atomic E-state index is 0.0725. The predicted molar refractivity (Wildman–Crippen MR) is 159 cm³/mol. The average Bonchev–Trinajstić information content (AvgIpc) is 3.23. The summed E-state index contributed by atoms with van der Waals surface area (Å²) in [5, 5.41) is 14.5. The van der Waals surface area contributed by atoms with Crippen molar-refractivity contribution in [3.8, 4) is 0 Å². The Labute approximate surface area is 252 Å². The van der Waals surface area contributed by atoms with Crippen LogP contribution in [0.2, 0.25) is 0 Å². The van der Waals surface area contributed by atoms with Gasteiger partial charge in [-0.05, 0) is 42.7 Å². The summed E-state index contributed by atoms with van der Waals surface area (Å²) in [6.07, 6.45) is -0.465. The van der Waals surface area contributed by atoms with E-state index >= 15 is 0 Å². The number of carbonyl (C=O) groups excluding carboxylic acids is 2. The normalized spacial score (nSPS) is 20.4. The van der Waals surface area contributed by atoms with Crippen molar-refractivity contribution in [1.82, 2.24) is 14.8 Å². The first-order chi connectivity index (χ1) is 20.1. The molecule has 1 aliphatic heterocycles. The van der Waals surface area contributed by atoms with Crippen LogP contribution in [0.15, 0.2) is 76.9 Å². The van der Waals surface area contributed by atoms with E-state index in [1.807, 2.05) is 6.07 Å². The molecule has 0 fully saturated rings. The Balaban J connectivity index is 1.45. The molecule has 1 amide bonds. The Hall–Kier alpha value is -3.26. The van der Waals surface area contributed by atoms with Crippen LogP contribution in [0.3, 0.4) is 0 Å². The number of hydrogen-bond acceptors (Lipinski definition) is 9. The summed E-state index contributed by atoms with van der Waals surface area (Å²) in [6.45, 7) is 4.06. The first-order valence-electron chi connectivity index (χ1n) is 13.4. The van der Waals surface area contributed by atoms with E-state index in [0.717, 1.165) is 5.06 Å². The fourth-order valence-electron chi connectivity index (χ4n) is 5.39. The molecule has 12 heteroatoms. The first-order valence-corrected chi connectivity index (χ1v) is 15.9. The number of halogens is 1. The molecule has 1 aliphatic carbocycles. The molecule has 0 bridgehead atoms. The standard InChI is InChI=1S/C30H29BrN3O7S/c1-3-40-29-21-11-8-14-32-26(21)24-25(28(29)36)27(34(37)30(24)41-4-2)20-13-12-19(15-22(20)31)17-42(38,39)33-23(35)16-18-9-6-5-7-10-18/h5-15,27,29-30H,3-4,16-17H2,1-2H3,(H,33,35)/q-1. The highest BCUT2D eigenvalue weighted by Gasteiger charge is 2.48. The van der Waals surface area contributed by atoms with Gasteiger partial charge < -0.3 is 19.7 Å². The molecular weight excluding hydrogens is 626 g/mol. The second kappa shape index (κ2) is 12.5. The molecule has 2 heterocycles. The SMILES string of the molecule is CCOC1C(=O)C2=C(c3ncccc31)C(OCC)N([O-])C2c1ccc(CS(=O)(=O)NC(=O)Cc2ccccc2)cc1Br. The van der Waals surface area contributed by atoms with Crippen LogP contribution in [0.25, 0.3) is 5.57 Å². The molecule has 0 saturated carbocycles. The molecule has 1 aromatic heterocycles. The van der Waals surface area contributed by atoms with Crippen LogP contribution in [0.5, 0.6) is 0 Å². The lowest BCUT2D eigenvalue weighted by molar-refractivity contribution is -0.127. The summed E-state index contributed by atoms with van der Waals surface area (Å²) in [7, 11) is -4.01. The summed E-state index contributed by atoms with van der Waals surface area (Å²) in [6, 6.07) is 16.0. The van der Waals surface area contributed by atoms with Gasteiger partial charge in [-0.1, -0.05) is 64.5 Å². The second-order valence-corrected chi connectivity index (χ2v) is 12.4. The topological polar surface area (TPSA) is 138 Å². The van der Waals surface area contributed by atoms with Gasteiger partial charge in [0, 0.05) is 40.6 Å². The van der Waals surface area contributed by atoms with Crippen molar-refractivity contribution in [3.63, 3.8) is 0 Å². The Morgan fingerprint density at radius 3 is 2.43 bits per heavy atom. The van der Waals surface area contributed by atoms with Gasteiger partial charge in [-0.15, -0.1) is 0 Å². The Morgan fingerprint density at radius 2 is 1.74 bits per heavy atom. The molecule has 10 nitrogen and oxygen atoms in total. The zero-order valence-corrected chi connectivity index (χ0v) is 25.4. The molecular formula is C30H29BrN3O7S-. The van der Waals surface area contributed by atoms with E-state index in [1.165, 1.54) is 0 Å². The molecule has 3 unspecified atom stereocenters. The third-order valence-corrected chi connectivity index (χ3v) is 8.97. The van der Waals surface area contributed by atoms with Gasteiger partial charge in [0.25, 0.3) is 0 Å². The molecule has 1 N–H and O–H groups in total. The number of aromatic nitrogens is 1. The molecule has 42 heavy (non-hydrogen) atoms. The maximum Gasteiger partial charge on any atom is 0.239 e. The van der Waals surface area contributed by atoms with Crippen molar-refractivity contribution < 1.29 is 27.5 Å². The van der Waals surface area contributed by atoms with Crippen molar-refractivity contribution in [3.05, 3.63) is 110 Å².